The minimum atomic E-state index is -4.90. The molecule has 4 amide bonds. The van der Waals surface area contributed by atoms with Gasteiger partial charge in [-0.15, -0.1) is 6.58 Å². The van der Waals surface area contributed by atoms with Crippen molar-refractivity contribution in [1.82, 2.24) is 25.2 Å². The van der Waals surface area contributed by atoms with Crippen LogP contribution < -0.4 is 20.1 Å². The molecule has 13 nitrogen and oxygen atoms in total. The van der Waals surface area contributed by atoms with Crippen LogP contribution in [0.15, 0.2) is 49.2 Å². The molecule has 3 heterocycles. The summed E-state index contributed by atoms with van der Waals surface area (Å²) in [7, 11) is -3.99. The van der Waals surface area contributed by atoms with Crippen molar-refractivity contribution in [2.45, 2.75) is 86.5 Å². The molecule has 3 N–H and O–H groups in total. The number of alkyl halides is 3. The van der Waals surface area contributed by atoms with Crippen molar-refractivity contribution in [3.63, 3.8) is 0 Å². The van der Waals surface area contributed by atoms with Gasteiger partial charge in [-0.05, 0) is 61.6 Å². The molecule has 1 unspecified atom stereocenters. The topological polar surface area (TPSA) is 173 Å². The molecule has 274 valence electrons. The molecular formula is C34H38F3N5O8S. The van der Waals surface area contributed by atoms with Gasteiger partial charge in [-0.25, -0.2) is 18.2 Å². The van der Waals surface area contributed by atoms with Crippen LogP contribution in [-0.2, 0) is 29.1 Å². The third kappa shape index (κ3) is 8.29. The minimum Gasteiger partial charge on any atom is -0.472 e. The lowest BCUT2D eigenvalue weighted by atomic mass is 10.1. The molecule has 2 aromatic rings. The Morgan fingerprint density at radius 2 is 1.96 bits per heavy atom. The standard InChI is InChI=1S/C34H38F3N5O8S/c1-2-22-17-33(22,31(45)41-51(47,48)24-10-11-24)40-28(43)27-16-23-19-42(27)30(44)26(18-34(35,36)37)39-32(46)49-14-6-4-3-5-7-20-8-9-21-12-13-38-29(50-23)25(21)15-20/h2,5,7-9,12-13,15,22-24,26-27H,1,3-4,6,10-11,14,16-19H2,(H,39,46)(H,40,43)(H,41,45)/b7-5-/t22-,23-,26-,27+,33?/m1/s1. The number of cyclic esters (lactones) is 1. The van der Waals surface area contributed by atoms with Gasteiger partial charge in [0.2, 0.25) is 27.7 Å². The van der Waals surface area contributed by atoms with Gasteiger partial charge in [0.15, 0.2) is 0 Å². The van der Waals surface area contributed by atoms with Crippen LogP contribution in [-0.4, -0.2) is 90.4 Å². The van der Waals surface area contributed by atoms with Crippen LogP contribution in [0.25, 0.3) is 16.8 Å². The van der Waals surface area contributed by atoms with Crippen LogP contribution in [0, 0.1) is 5.92 Å². The molecule has 4 bridgehead atoms. The number of pyridine rings is 1. The van der Waals surface area contributed by atoms with E-state index in [0.29, 0.717) is 37.5 Å². The number of carbonyl (C=O) groups excluding carboxylic acids is 4. The summed E-state index contributed by atoms with van der Waals surface area (Å²) in [5.74, 6) is -3.61. The Morgan fingerprint density at radius 1 is 1.18 bits per heavy atom. The van der Waals surface area contributed by atoms with E-state index in [1.807, 2.05) is 40.4 Å². The van der Waals surface area contributed by atoms with E-state index in [-0.39, 0.29) is 31.9 Å². The number of halogens is 3. The molecule has 0 radical (unpaired) electrons. The molecule has 5 atom stereocenters. The summed E-state index contributed by atoms with van der Waals surface area (Å²) in [4.78, 5) is 59.1. The number of hydrogen-bond donors (Lipinski definition) is 3. The molecule has 2 saturated carbocycles. The van der Waals surface area contributed by atoms with Gasteiger partial charge < -0.3 is 25.0 Å². The highest BCUT2D eigenvalue weighted by Gasteiger charge is 2.62. The molecule has 6 rings (SSSR count). The van der Waals surface area contributed by atoms with E-state index in [1.54, 1.807) is 6.07 Å². The summed E-state index contributed by atoms with van der Waals surface area (Å²) in [6.07, 6.45) is 0.131. The zero-order chi connectivity index (χ0) is 36.6. The number of nitrogens with zero attached hydrogens (tertiary/aromatic N) is 2. The zero-order valence-electron chi connectivity index (χ0n) is 27.5. The second-order valence-electron chi connectivity index (χ2n) is 13.3. The number of hydrogen-bond acceptors (Lipinski definition) is 9. The number of allylic oxidation sites excluding steroid dienone is 1. The maximum Gasteiger partial charge on any atom is 0.407 e. The van der Waals surface area contributed by atoms with Crippen LogP contribution in [0.1, 0.15) is 56.9 Å². The molecule has 1 aromatic heterocycles. The first-order valence-electron chi connectivity index (χ1n) is 16.7. The number of aromatic nitrogens is 1. The zero-order valence-corrected chi connectivity index (χ0v) is 28.3. The van der Waals surface area contributed by atoms with Crippen molar-refractivity contribution in [2.24, 2.45) is 5.92 Å². The number of benzene rings is 1. The Morgan fingerprint density at radius 3 is 2.67 bits per heavy atom. The predicted octanol–water partition coefficient (Wildman–Crippen LogP) is 3.50. The van der Waals surface area contributed by atoms with E-state index in [9.17, 15) is 40.8 Å². The van der Waals surface area contributed by atoms with Gasteiger partial charge in [0.1, 0.15) is 23.7 Å². The summed E-state index contributed by atoms with van der Waals surface area (Å²) in [5.41, 5.74) is -0.869. The van der Waals surface area contributed by atoms with Crippen molar-refractivity contribution >= 4 is 50.7 Å². The molecule has 4 aliphatic rings. The van der Waals surface area contributed by atoms with Gasteiger partial charge in [0.25, 0.3) is 5.91 Å². The molecule has 1 aromatic carbocycles. The van der Waals surface area contributed by atoms with Crippen LogP contribution >= 0.6 is 0 Å². The Kier molecular flexibility index (Phi) is 10.0. The number of nitrogens with one attached hydrogen (secondary N) is 3. The molecule has 17 heteroatoms. The molecule has 0 spiro atoms. The second-order valence-corrected chi connectivity index (χ2v) is 15.3. The second kappa shape index (κ2) is 14.2. The number of sulfonamides is 1. The Bertz CT molecular complexity index is 1870. The quantitative estimate of drug-likeness (QED) is 0.360. The first kappa shape index (κ1) is 36.1. The predicted molar refractivity (Wildman–Crippen MR) is 177 cm³/mol. The lowest BCUT2D eigenvalue weighted by Crippen LogP contribution is -2.58. The van der Waals surface area contributed by atoms with Gasteiger partial charge in [0.05, 0.1) is 24.8 Å². The lowest BCUT2D eigenvalue weighted by molar-refractivity contribution is -0.155. The van der Waals surface area contributed by atoms with Crippen molar-refractivity contribution in [2.75, 3.05) is 13.2 Å². The summed E-state index contributed by atoms with van der Waals surface area (Å²) in [6, 6.07) is 3.78. The van der Waals surface area contributed by atoms with Gasteiger partial charge in [0, 0.05) is 23.9 Å². The highest BCUT2D eigenvalue weighted by Crippen LogP contribution is 2.45. The Labute approximate surface area is 292 Å². The van der Waals surface area contributed by atoms with Gasteiger partial charge in [-0.2, -0.15) is 13.2 Å². The van der Waals surface area contributed by atoms with E-state index in [4.69, 9.17) is 9.47 Å². The molecule has 2 aliphatic heterocycles. The van der Waals surface area contributed by atoms with Crippen molar-refractivity contribution in [1.29, 1.82) is 0 Å². The first-order chi connectivity index (χ1) is 24.2. The number of rotatable bonds is 7. The molecular weight excluding hydrogens is 695 g/mol. The number of fused-ring (bicyclic) bond motifs is 3. The summed E-state index contributed by atoms with van der Waals surface area (Å²) in [5, 5.41) is 5.29. The molecule has 3 fully saturated rings. The molecule has 2 aliphatic carbocycles. The highest BCUT2D eigenvalue weighted by atomic mass is 32.2. The first-order valence-corrected chi connectivity index (χ1v) is 18.3. The fraction of sp³-hybridized carbons (Fsp3) is 0.500. The lowest BCUT2D eigenvalue weighted by Gasteiger charge is -2.30. The summed E-state index contributed by atoms with van der Waals surface area (Å²) < 4.78 is 79.9. The van der Waals surface area contributed by atoms with E-state index in [0.717, 1.165) is 15.8 Å². The van der Waals surface area contributed by atoms with Crippen LogP contribution in [0.2, 0.25) is 0 Å². The van der Waals surface area contributed by atoms with Gasteiger partial charge >= 0.3 is 12.3 Å². The van der Waals surface area contributed by atoms with Crippen molar-refractivity contribution < 1.29 is 50.2 Å². The summed E-state index contributed by atoms with van der Waals surface area (Å²) >= 11 is 0. The smallest absolute Gasteiger partial charge is 0.407 e. The van der Waals surface area contributed by atoms with Crippen LogP contribution in [0.4, 0.5) is 18.0 Å². The van der Waals surface area contributed by atoms with Crippen LogP contribution in [0.5, 0.6) is 5.88 Å². The fourth-order valence-electron chi connectivity index (χ4n) is 6.47. The largest absolute Gasteiger partial charge is 0.472 e. The SMILES string of the molecule is C=C[C@@H]1CC1(NC(=O)[C@@H]1C[C@@H]2CN1C(=O)[C@@H](CC(F)(F)F)NC(=O)OCCCC/C=C\c1ccc3ccnc(c3c1)O2)C(=O)NS(=O)(=O)C1CC1. The van der Waals surface area contributed by atoms with Gasteiger partial charge in [-0.3, -0.25) is 19.1 Å². The fourth-order valence-corrected chi connectivity index (χ4v) is 7.84. The number of ether oxygens (including phenoxy) is 2. The van der Waals surface area contributed by atoms with Crippen molar-refractivity contribution in [3.8, 4) is 5.88 Å². The average Bonchev–Trinajstić information content (AvgIpc) is 3.99. The third-order valence-corrected chi connectivity index (χ3v) is 11.3. The third-order valence-electron chi connectivity index (χ3n) is 9.46. The van der Waals surface area contributed by atoms with Crippen LogP contribution in [0.3, 0.4) is 0 Å². The highest BCUT2D eigenvalue weighted by molar-refractivity contribution is 7.91. The van der Waals surface area contributed by atoms with Gasteiger partial charge in [-0.1, -0.05) is 30.4 Å². The number of alkyl carbamates (subject to hydrolysis) is 1. The van der Waals surface area contributed by atoms with E-state index in [1.165, 1.54) is 12.3 Å². The Balaban J connectivity index is 1.33. The number of amides is 4. The Hall–Kier alpha value is -4.67. The molecule has 1 saturated heterocycles. The van der Waals surface area contributed by atoms with E-state index in [2.05, 4.69) is 16.9 Å². The normalized spacial score (nSPS) is 27.9. The monoisotopic (exact) mass is 733 g/mol. The maximum atomic E-state index is 14.0. The maximum absolute atomic E-state index is 14.0. The molecule has 51 heavy (non-hydrogen) atoms. The van der Waals surface area contributed by atoms with E-state index < -0.39 is 81.3 Å². The average molecular weight is 734 g/mol. The number of carbonyl (C=O) groups is 4. The van der Waals surface area contributed by atoms with Crippen molar-refractivity contribution in [3.05, 3.63) is 54.8 Å². The minimum absolute atomic E-state index is 0.00958. The van der Waals surface area contributed by atoms with E-state index >= 15 is 0 Å². The summed E-state index contributed by atoms with van der Waals surface area (Å²) in [6.45, 7) is 3.19.